The van der Waals surface area contributed by atoms with Gasteiger partial charge in [-0.05, 0) is 30.7 Å². The smallest absolute Gasteiger partial charge is 0.387 e. The van der Waals surface area contributed by atoms with Crippen molar-refractivity contribution in [3.8, 4) is 0 Å². The van der Waals surface area contributed by atoms with Gasteiger partial charge in [0.1, 0.15) is 23.2 Å². The summed E-state index contributed by atoms with van der Waals surface area (Å²) in [5, 5.41) is 22.6. The number of H-pyrrole nitrogens is 2. The maximum Gasteiger partial charge on any atom is 0.475 e. The van der Waals surface area contributed by atoms with Crippen molar-refractivity contribution in [1.82, 2.24) is 9.55 Å². The van der Waals surface area contributed by atoms with Crippen molar-refractivity contribution in [2.24, 2.45) is 0 Å². The fourth-order valence-electron chi connectivity index (χ4n) is 4.36. The van der Waals surface area contributed by atoms with E-state index in [9.17, 15) is 19.6 Å². The number of nitrogen functional groups attached to an aromatic ring is 1. The molecule has 5 rings (SSSR count). The molecule has 2 aromatic heterocycles. The molecule has 4 heterocycles. The quantitative estimate of drug-likeness (QED) is 0.360. The lowest BCUT2D eigenvalue weighted by Crippen LogP contribution is -2.44. The zero-order valence-electron chi connectivity index (χ0n) is 18.6. The number of ether oxygens (including phenoxy) is 1. The van der Waals surface area contributed by atoms with Crippen molar-refractivity contribution in [3.63, 3.8) is 0 Å². The number of benzene rings is 1. The van der Waals surface area contributed by atoms with Crippen LogP contribution in [0, 0.1) is 0 Å². The Labute approximate surface area is 204 Å². The molecule has 0 bridgehead atoms. The third-order valence-electron chi connectivity index (χ3n) is 6.17. The number of phosphoric acid groups is 1. The Bertz CT molecular complexity index is 1360. The molecule has 0 spiro atoms. The van der Waals surface area contributed by atoms with Crippen molar-refractivity contribution in [3.05, 3.63) is 57.5 Å². The van der Waals surface area contributed by atoms with E-state index in [0.29, 0.717) is 17.1 Å². The number of fused-ring (bicyclic) bond motifs is 1. The van der Waals surface area contributed by atoms with Crippen LogP contribution in [0.2, 0.25) is 5.02 Å². The van der Waals surface area contributed by atoms with Crippen LogP contribution in [0.1, 0.15) is 31.2 Å². The summed E-state index contributed by atoms with van der Waals surface area (Å²) in [6, 6.07) is 8.52. The summed E-state index contributed by atoms with van der Waals surface area (Å²) in [5.74, 6) is 0.0134. The Kier molecular flexibility index (Phi) is 6.27. The first kappa shape index (κ1) is 24.4. The van der Waals surface area contributed by atoms with E-state index in [4.69, 9.17) is 35.6 Å². The average molecular weight is 528 g/mol. The van der Waals surface area contributed by atoms with Gasteiger partial charge in [0, 0.05) is 11.4 Å². The van der Waals surface area contributed by atoms with Gasteiger partial charge >= 0.3 is 19.3 Å². The Hall–Kier alpha value is -2.28. The Morgan fingerprint density at radius 2 is 2.23 bits per heavy atom. The van der Waals surface area contributed by atoms with Gasteiger partial charge in [-0.1, -0.05) is 23.7 Å². The molecule has 0 saturated carbocycles. The predicted molar refractivity (Wildman–Crippen MR) is 123 cm³/mol. The molecule has 1 aromatic carbocycles. The van der Waals surface area contributed by atoms with E-state index in [1.807, 2.05) is 0 Å². The summed E-state index contributed by atoms with van der Waals surface area (Å²) in [7, 11) is -3.99. The molecule has 2 fully saturated rings. The molecule has 2 aliphatic heterocycles. The van der Waals surface area contributed by atoms with Gasteiger partial charge in [0.15, 0.2) is 0 Å². The van der Waals surface area contributed by atoms with Crippen LogP contribution in [0.4, 0.5) is 5.95 Å². The summed E-state index contributed by atoms with van der Waals surface area (Å²) < 4.78 is 36.9. The number of rotatable bonds is 5. The van der Waals surface area contributed by atoms with Crippen LogP contribution in [0.15, 0.2) is 41.3 Å². The van der Waals surface area contributed by atoms with Gasteiger partial charge in [0.05, 0.1) is 25.5 Å². The zero-order valence-corrected chi connectivity index (χ0v) is 20.2. The topological polar surface area (TPSA) is 172 Å². The number of anilines is 1. The molecule has 0 amide bonds. The molecule has 2 saturated heterocycles. The number of nitrogens with one attached hydrogen (secondary N) is 2. The number of aliphatic hydroxyl groups is 2. The number of nitrogens with zero attached hydrogens (tertiary/aromatic N) is 1. The Balaban J connectivity index is 1.33. The zero-order chi connectivity index (χ0) is 25.0. The fraction of sp³-hybridized carbons (Fsp3) is 0.429. The molecule has 6 atom stereocenters. The SMILES string of the molecule is CC1(O)C(O)C(COP2(=O)OCCC(c3cccc(Cl)c3)O2)OC1n1ccc2c(=O)[nH]c(N)[nH+]c21. The van der Waals surface area contributed by atoms with Gasteiger partial charge in [-0.15, -0.1) is 0 Å². The second-order valence-corrected chi connectivity index (χ2v) is 10.7. The molecule has 12 nitrogen and oxygen atoms in total. The third kappa shape index (κ3) is 4.52. The van der Waals surface area contributed by atoms with Gasteiger partial charge in [-0.25, -0.2) is 14.5 Å². The van der Waals surface area contributed by atoms with Crippen LogP contribution in [-0.4, -0.2) is 50.8 Å². The number of aromatic nitrogens is 3. The predicted octanol–water partition coefficient (Wildman–Crippen LogP) is 1.69. The summed E-state index contributed by atoms with van der Waals surface area (Å²) in [4.78, 5) is 17.4. The summed E-state index contributed by atoms with van der Waals surface area (Å²) in [6.45, 7) is 1.12. The minimum atomic E-state index is -3.99. The minimum absolute atomic E-state index is 0.0134. The molecule has 0 aliphatic carbocycles. The summed E-state index contributed by atoms with van der Waals surface area (Å²) in [6.07, 6.45) is -2.21. The number of aromatic amines is 2. The van der Waals surface area contributed by atoms with Crippen LogP contribution in [0.5, 0.6) is 0 Å². The van der Waals surface area contributed by atoms with Gasteiger partial charge in [-0.2, -0.15) is 0 Å². The van der Waals surface area contributed by atoms with E-state index in [0.717, 1.165) is 5.56 Å². The van der Waals surface area contributed by atoms with Crippen molar-refractivity contribution in [1.29, 1.82) is 0 Å². The molecule has 6 unspecified atom stereocenters. The third-order valence-corrected chi connectivity index (χ3v) is 7.88. The first-order valence-electron chi connectivity index (χ1n) is 10.9. The number of hydrogen-bond acceptors (Lipinski definition) is 9. The minimum Gasteiger partial charge on any atom is -0.387 e. The highest BCUT2D eigenvalue weighted by Gasteiger charge is 2.55. The van der Waals surface area contributed by atoms with Crippen molar-refractivity contribution < 1.29 is 38.1 Å². The van der Waals surface area contributed by atoms with E-state index in [1.54, 1.807) is 24.3 Å². The monoisotopic (exact) mass is 527 g/mol. The largest absolute Gasteiger partial charge is 0.475 e. The lowest BCUT2D eigenvalue weighted by atomic mass is 9.96. The number of halogens is 1. The number of aliphatic hydroxyl groups excluding tert-OH is 1. The average Bonchev–Trinajstić information content (AvgIpc) is 3.31. The van der Waals surface area contributed by atoms with Gasteiger partial charge in [0.2, 0.25) is 11.9 Å². The van der Waals surface area contributed by atoms with Gasteiger partial charge in [0.25, 0.3) is 0 Å². The normalized spacial score (nSPS) is 33.4. The molecule has 35 heavy (non-hydrogen) atoms. The molecule has 6 N–H and O–H groups in total. The highest BCUT2D eigenvalue weighted by molar-refractivity contribution is 7.48. The second-order valence-electron chi connectivity index (χ2n) is 8.69. The van der Waals surface area contributed by atoms with Gasteiger partial charge in [-0.3, -0.25) is 22.9 Å². The molecule has 2 aliphatic rings. The van der Waals surface area contributed by atoms with Crippen LogP contribution >= 0.6 is 19.4 Å². The Morgan fingerprint density at radius 3 is 3.00 bits per heavy atom. The first-order valence-corrected chi connectivity index (χ1v) is 12.7. The standard InChI is InChI=1S/C21H24ClN4O8P/c1-21(29)16(27)15(33-19(21)26-7-5-13-17(26)24-20(23)25-18(13)28)10-32-35(30)31-8-6-14(34-35)11-3-2-4-12(22)9-11/h2-5,7,9,14-16,19,27,29H,6,8,10H2,1H3,(H3,23,24,25,28)/p+1. The molecule has 3 aromatic rings. The lowest BCUT2D eigenvalue weighted by Gasteiger charge is -2.30. The number of hydrogen-bond donors (Lipinski definition) is 4. The van der Waals surface area contributed by atoms with Crippen LogP contribution in [0.25, 0.3) is 11.0 Å². The van der Waals surface area contributed by atoms with Crippen LogP contribution in [-0.2, 0) is 22.9 Å². The van der Waals surface area contributed by atoms with Gasteiger partial charge < -0.3 is 20.7 Å². The number of phosphoric ester groups is 1. The van der Waals surface area contributed by atoms with Crippen molar-refractivity contribution in [2.45, 2.75) is 43.5 Å². The van der Waals surface area contributed by atoms with Crippen molar-refractivity contribution >= 4 is 36.4 Å². The maximum atomic E-state index is 13.1. The molecule has 14 heteroatoms. The molecule has 0 radical (unpaired) electrons. The van der Waals surface area contributed by atoms with E-state index in [2.05, 4.69) is 9.97 Å². The number of nitrogens with two attached hydrogens (primary N) is 1. The lowest BCUT2D eigenvalue weighted by molar-refractivity contribution is -0.337. The van der Waals surface area contributed by atoms with E-state index < -0.39 is 43.5 Å². The molecular formula is C21H25ClN4O8P+. The first-order chi connectivity index (χ1) is 16.6. The molecular weight excluding hydrogens is 503 g/mol. The summed E-state index contributed by atoms with van der Waals surface area (Å²) >= 11 is 6.05. The van der Waals surface area contributed by atoms with E-state index in [-0.39, 0.29) is 24.5 Å². The highest BCUT2D eigenvalue weighted by atomic mass is 35.5. The van der Waals surface area contributed by atoms with Crippen LogP contribution < -0.4 is 16.3 Å². The van der Waals surface area contributed by atoms with Crippen molar-refractivity contribution in [2.75, 3.05) is 18.9 Å². The summed E-state index contributed by atoms with van der Waals surface area (Å²) in [5.41, 5.74) is 4.52. The molecule has 188 valence electrons. The highest BCUT2D eigenvalue weighted by Crippen LogP contribution is 2.57. The maximum absolute atomic E-state index is 13.1. The van der Waals surface area contributed by atoms with Crippen LogP contribution in [0.3, 0.4) is 0 Å². The fourth-order valence-corrected chi connectivity index (χ4v) is 5.95. The second kappa shape index (κ2) is 8.99. The Morgan fingerprint density at radius 1 is 1.43 bits per heavy atom. The van der Waals surface area contributed by atoms with E-state index in [1.165, 1.54) is 23.8 Å². The van der Waals surface area contributed by atoms with E-state index >= 15 is 0 Å².